The molecule has 1 atom stereocenters. The Morgan fingerprint density at radius 3 is 2.67 bits per heavy atom. The zero-order valence-corrected chi connectivity index (χ0v) is 20.9. The number of non-ortho nitro benzene ring substituents is 1. The molecule has 0 spiro atoms. The second-order valence-corrected chi connectivity index (χ2v) is 10.6. The minimum absolute atomic E-state index is 0.0714. The molecule has 0 saturated carbocycles. The Kier molecular flexibility index (Phi) is 7.27. The van der Waals surface area contributed by atoms with Crippen molar-refractivity contribution in [2.45, 2.75) is 39.2 Å². The summed E-state index contributed by atoms with van der Waals surface area (Å²) >= 11 is 1.19. The molecule has 2 N–H and O–H groups in total. The highest BCUT2D eigenvalue weighted by molar-refractivity contribution is 8.03. The monoisotopic (exact) mass is 502 g/mol. The predicted octanol–water partition coefficient (Wildman–Crippen LogP) is 4.71. The number of allylic oxidation sites excluding steroid dienone is 3. The van der Waals surface area contributed by atoms with E-state index in [1.165, 1.54) is 23.9 Å². The average Bonchev–Trinajstić information content (AvgIpc) is 2.85. The third kappa shape index (κ3) is 5.50. The fraction of sp³-hybridized carbons (Fsp3) is 0.296. The predicted molar refractivity (Wildman–Crippen MR) is 137 cm³/mol. The molecule has 0 aromatic heterocycles. The van der Waals surface area contributed by atoms with Crippen molar-refractivity contribution in [3.63, 3.8) is 0 Å². The van der Waals surface area contributed by atoms with E-state index in [1.807, 2.05) is 44.2 Å². The quantitative estimate of drug-likeness (QED) is 0.415. The third-order valence-corrected chi connectivity index (χ3v) is 7.24. The fourth-order valence-electron chi connectivity index (χ4n) is 4.63. The number of nitriles is 1. The molecule has 4 rings (SSSR count). The van der Waals surface area contributed by atoms with Gasteiger partial charge in [-0.15, -0.1) is 0 Å². The van der Waals surface area contributed by atoms with Gasteiger partial charge in [-0.2, -0.15) is 5.26 Å². The topological polar surface area (TPSA) is 125 Å². The van der Waals surface area contributed by atoms with Gasteiger partial charge in [-0.05, 0) is 23.0 Å². The molecule has 2 aromatic carbocycles. The summed E-state index contributed by atoms with van der Waals surface area (Å²) in [6, 6.07) is 17.8. The number of ketones is 1. The molecule has 184 valence electrons. The normalized spacial score (nSPS) is 18.7. The summed E-state index contributed by atoms with van der Waals surface area (Å²) in [6.07, 6.45) is 0.907. The van der Waals surface area contributed by atoms with E-state index >= 15 is 0 Å². The van der Waals surface area contributed by atoms with E-state index in [4.69, 9.17) is 0 Å². The maximum atomic E-state index is 13.3. The Bertz CT molecular complexity index is 1320. The summed E-state index contributed by atoms with van der Waals surface area (Å²) < 4.78 is 0. The minimum Gasteiger partial charge on any atom is -0.352 e. The summed E-state index contributed by atoms with van der Waals surface area (Å²) in [7, 11) is 0. The molecule has 1 aliphatic carbocycles. The molecule has 8 nitrogen and oxygen atoms in total. The largest absolute Gasteiger partial charge is 0.352 e. The van der Waals surface area contributed by atoms with E-state index in [0.29, 0.717) is 41.2 Å². The molecular weight excluding hydrogens is 476 g/mol. The molecule has 9 heteroatoms. The maximum Gasteiger partial charge on any atom is 0.269 e. The van der Waals surface area contributed by atoms with Gasteiger partial charge < -0.3 is 10.6 Å². The van der Waals surface area contributed by atoms with Crippen molar-refractivity contribution in [2.75, 3.05) is 5.75 Å². The molecule has 0 saturated heterocycles. The van der Waals surface area contributed by atoms with Crippen LogP contribution in [0.2, 0.25) is 0 Å². The molecule has 2 aromatic rings. The summed E-state index contributed by atoms with van der Waals surface area (Å²) in [6.45, 7) is 4.41. The van der Waals surface area contributed by atoms with Crippen LogP contribution in [-0.2, 0) is 16.1 Å². The lowest BCUT2D eigenvalue weighted by Crippen LogP contribution is -2.37. The number of carbonyl (C=O) groups excluding carboxylic acids is 2. The van der Waals surface area contributed by atoms with Crippen molar-refractivity contribution < 1.29 is 14.5 Å². The number of nitro groups is 1. The number of hydrogen-bond donors (Lipinski definition) is 2. The Morgan fingerprint density at radius 1 is 1.22 bits per heavy atom. The lowest BCUT2D eigenvalue weighted by Gasteiger charge is -2.39. The number of rotatable bonds is 7. The minimum atomic E-state index is -0.732. The average molecular weight is 503 g/mol. The van der Waals surface area contributed by atoms with Gasteiger partial charge in [0.1, 0.15) is 0 Å². The number of nitrogens with zero attached hydrogens (tertiary/aromatic N) is 2. The van der Waals surface area contributed by atoms with Crippen LogP contribution in [0.3, 0.4) is 0 Å². The highest BCUT2D eigenvalue weighted by atomic mass is 32.2. The molecule has 0 radical (unpaired) electrons. The number of dihydropyridines is 1. The summed E-state index contributed by atoms with van der Waals surface area (Å²) in [5, 5.41) is 28.2. The van der Waals surface area contributed by atoms with Crippen LogP contribution in [0.25, 0.3) is 0 Å². The van der Waals surface area contributed by atoms with Gasteiger partial charge in [0.15, 0.2) is 5.78 Å². The first-order chi connectivity index (χ1) is 17.2. The fourth-order valence-corrected chi connectivity index (χ4v) is 5.52. The Balaban J connectivity index is 1.64. The standard InChI is InChI=1S/C27H26N4O4S/c1-27(2)12-21-25(22(32)13-27)24(18-9-6-10-19(11-18)31(34)35)20(14-28)26(30-21)36-16-23(33)29-15-17-7-4-3-5-8-17/h3-11,24,30H,12-13,15-16H2,1-2H3,(H,29,33)/t24-/m1/s1. The molecule has 0 bridgehead atoms. The van der Waals surface area contributed by atoms with Gasteiger partial charge in [0, 0.05) is 36.4 Å². The van der Waals surface area contributed by atoms with E-state index < -0.39 is 10.8 Å². The SMILES string of the molecule is CC1(C)CC(=O)C2=C(C1)NC(SCC(=O)NCc1ccccc1)=C(C#N)[C@H]2c1cccc([N+](=O)[O-])c1. The van der Waals surface area contributed by atoms with E-state index in [0.717, 1.165) is 5.56 Å². The van der Waals surface area contributed by atoms with Gasteiger partial charge in [0.2, 0.25) is 5.91 Å². The van der Waals surface area contributed by atoms with Crippen LogP contribution < -0.4 is 10.6 Å². The third-order valence-electron chi connectivity index (χ3n) is 6.22. The Labute approximate surface area is 213 Å². The number of benzene rings is 2. The number of Topliss-reactive ketones (excluding diaryl/α,β-unsaturated/α-hetero) is 1. The van der Waals surface area contributed by atoms with Gasteiger partial charge in [-0.1, -0.05) is 68.1 Å². The molecule has 0 unspecified atom stereocenters. The number of nitrogens with one attached hydrogen (secondary N) is 2. The highest BCUT2D eigenvalue weighted by Crippen LogP contribution is 2.48. The lowest BCUT2D eigenvalue weighted by molar-refractivity contribution is -0.384. The molecule has 36 heavy (non-hydrogen) atoms. The van der Waals surface area contributed by atoms with Crippen LogP contribution in [0, 0.1) is 26.9 Å². The van der Waals surface area contributed by atoms with E-state index in [2.05, 4.69) is 16.7 Å². The van der Waals surface area contributed by atoms with Crippen molar-refractivity contribution in [2.24, 2.45) is 5.41 Å². The van der Waals surface area contributed by atoms with Crippen LogP contribution in [0.15, 0.2) is 76.5 Å². The van der Waals surface area contributed by atoms with Crippen molar-refractivity contribution in [3.8, 4) is 6.07 Å². The maximum absolute atomic E-state index is 13.3. The van der Waals surface area contributed by atoms with Crippen molar-refractivity contribution >= 4 is 29.1 Å². The first kappa shape index (κ1) is 25.2. The zero-order chi connectivity index (χ0) is 25.9. The smallest absolute Gasteiger partial charge is 0.269 e. The van der Waals surface area contributed by atoms with Crippen molar-refractivity contribution in [3.05, 3.63) is 97.7 Å². The molecule has 2 aliphatic rings. The van der Waals surface area contributed by atoms with Crippen molar-refractivity contribution in [1.82, 2.24) is 10.6 Å². The molecule has 1 heterocycles. The van der Waals surface area contributed by atoms with Gasteiger partial charge >= 0.3 is 0 Å². The Morgan fingerprint density at radius 2 is 1.97 bits per heavy atom. The van der Waals surface area contributed by atoms with Crippen LogP contribution >= 0.6 is 11.8 Å². The van der Waals surface area contributed by atoms with Gasteiger partial charge in [0.25, 0.3) is 5.69 Å². The van der Waals surface area contributed by atoms with E-state index in [9.17, 15) is 25.0 Å². The molecule has 0 fully saturated rings. The van der Waals surface area contributed by atoms with Gasteiger partial charge in [0.05, 0.1) is 33.3 Å². The van der Waals surface area contributed by atoms with Gasteiger partial charge in [-0.25, -0.2) is 0 Å². The van der Waals surface area contributed by atoms with Crippen LogP contribution in [0.5, 0.6) is 0 Å². The zero-order valence-electron chi connectivity index (χ0n) is 20.0. The van der Waals surface area contributed by atoms with E-state index in [1.54, 1.807) is 12.1 Å². The number of nitro benzene ring substituents is 1. The molecular formula is C27H26N4O4S. The summed E-state index contributed by atoms with van der Waals surface area (Å²) in [5.74, 6) is -0.934. The van der Waals surface area contributed by atoms with Crippen LogP contribution in [-0.4, -0.2) is 22.4 Å². The highest BCUT2D eigenvalue weighted by Gasteiger charge is 2.42. The number of thioether (sulfide) groups is 1. The van der Waals surface area contributed by atoms with Gasteiger partial charge in [-0.3, -0.25) is 19.7 Å². The summed E-state index contributed by atoms with van der Waals surface area (Å²) in [4.78, 5) is 36.7. The Hall–Kier alpha value is -3.90. The molecule has 1 aliphatic heterocycles. The number of hydrogen-bond acceptors (Lipinski definition) is 7. The second-order valence-electron chi connectivity index (χ2n) is 9.65. The first-order valence-electron chi connectivity index (χ1n) is 11.5. The molecule has 1 amide bonds. The number of amides is 1. The second kappa shape index (κ2) is 10.4. The summed E-state index contributed by atoms with van der Waals surface area (Å²) in [5.41, 5.74) is 2.57. The lowest BCUT2D eigenvalue weighted by atomic mass is 9.69. The van der Waals surface area contributed by atoms with Crippen molar-refractivity contribution in [1.29, 1.82) is 5.26 Å². The first-order valence-corrected chi connectivity index (χ1v) is 12.5. The van der Waals surface area contributed by atoms with E-state index in [-0.39, 0.29) is 34.1 Å². The van der Waals surface area contributed by atoms with Crippen LogP contribution in [0.1, 0.15) is 43.7 Å². The van der Waals surface area contributed by atoms with Crippen LogP contribution in [0.4, 0.5) is 5.69 Å². The number of carbonyl (C=O) groups is 2.